The number of amides is 1. The van der Waals surface area contributed by atoms with Crippen molar-refractivity contribution >= 4 is 11.8 Å². The van der Waals surface area contributed by atoms with Gasteiger partial charge in [0.15, 0.2) is 0 Å². The van der Waals surface area contributed by atoms with E-state index < -0.39 is 17.8 Å². The van der Waals surface area contributed by atoms with Crippen LogP contribution in [0.25, 0.3) is 0 Å². The Labute approximate surface area is 126 Å². The fraction of sp³-hybridized carbons (Fsp3) is 0.562. The number of hydrogen-bond acceptors (Lipinski definition) is 4. The Hall–Kier alpha value is -1.75. The number of carbonyl (C=O) groups is 1. The number of rotatable bonds is 5. The largest absolute Gasteiger partial charge is 0.497 e. The number of ether oxygens (including phenoxy) is 2. The summed E-state index contributed by atoms with van der Waals surface area (Å²) >= 11 is 0. The number of aliphatic hydroxyl groups is 1. The van der Waals surface area contributed by atoms with Crippen molar-refractivity contribution in [2.24, 2.45) is 0 Å². The van der Waals surface area contributed by atoms with Gasteiger partial charge in [-0.1, -0.05) is 13.0 Å². The molecule has 1 unspecified atom stereocenters. The molecule has 118 valence electrons. The van der Waals surface area contributed by atoms with E-state index in [1.807, 2.05) is 13.0 Å². The minimum Gasteiger partial charge on any atom is -0.497 e. The van der Waals surface area contributed by atoms with Crippen molar-refractivity contribution in [1.29, 1.82) is 0 Å². The monoisotopic (exact) mass is 295 g/mol. The number of anilines is 1. The second kappa shape index (κ2) is 7.31. The highest BCUT2D eigenvalue weighted by atomic mass is 16.6. The third-order valence-electron chi connectivity index (χ3n) is 2.88. The molecule has 0 aliphatic carbocycles. The van der Waals surface area contributed by atoms with Crippen molar-refractivity contribution in [3.05, 3.63) is 23.8 Å². The predicted molar refractivity (Wildman–Crippen MR) is 82.9 cm³/mol. The zero-order chi connectivity index (χ0) is 16.0. The van der Waals surface area contributed by atoms with Crippen LogP contribution in [0.5, 0.6) is 5.75 Å². The van der Waals surface area contributed by atoms with E-state index in [-0.39, 0.29) is 0 Å². The zero-order valence-corrected chi connectivity index (χ0v) is 13.4. The van der Waals surface area contributed by atoms with Crippen LogP contribution in [0, 0.1) is 0 Å². The standard InChI is InChI=1S/C16H25NO4/c1-6-12(18)9-11-7-8-13(20-5)10-14(11)17-15(19)21-16(2,3)4/h7-8,10,12,18H,6,9H2,1-5H3,(H,17,19). The molecule has 0 aliphatic rings. The molecule has 2 N–H and O–H groups in total. The quantitative estimate of drug-likeness (QED) is 0.874. The molecule has 0 aromatic heterocycles. The average molecular weight is 295 g/mol. The SMILES string of the molecule is CCC(O)Cc1ccc(OC)cc1NC(=O)OC(C)(C)C. The van der Waals surface area contributed by atoms with E-state index in [0.29, 0.717) is 24.3 Å². The topological polar surface area (TPSA) is 67.8 Å². The van der Waals surface area contributed by atoms with Crippen molar-refractivity contribution in [1.82, 2.24) is 0 Å². The highest BCUT2D eigenvalue weighted by Crippen LogP contribution is 2.25. The molecule has 1 aromatic carbocycles. The fourth-order valence-electron chi connectivity index (χ4n) is 1.79. The molecule has 0 fully saturated rings. The van der Waals surface area contributed by atoms with Gasteiger partial charge >= 0.3 is 6.09 Å². The van der Waals surface area contributed by atoms with Gasteiger partial charge in [0.25, 0.3) is 0 Å². The van der Waals surface area contributed by atoms with Gasteiger partial charge in [-0.2, -0.15) is 0 Å². The lowest BCUT2D eigenvalue weighted by Gasteiger charge is -2.21. The number of methoxy groups -OCH3 is 1. The first-order valence-corrected chi connectivity index (χ1v) is 7.10. The van der Waals surface area contributed by atoms with Gasteiger partial charge in [0, 0.05) is 12.5 Å². The smallest absolute Gasteiger partial charge is 0.412 e. The molecule has 0 saturated heterocycles. The van der Waals surface area contributed by atoms with Crippen molar-refractivity contribution in [3.63, 3.8) is 0 Å². The van der Waals surface area contributed by atoms with E-state index in [1.165, 1.54) is 0 Å². The van der Waals surface area contributed by atoms with Crippen molar-refractivity contribution < 1.29 is 19.4 Å². The summed E-state index contributed by atoms with van der Waals surface area (Å²) in [6.07, 6.45) is 0.143. The van der Waals surface area contributed by atoms with Gasteiger partial charge in [-0.05, 0) is 38.8 Å². The summed E-state index contributed by atoms with van der Waals surface area (Å²) in [5.74, 6) is 0.635. The third-order valence-corrected chi connectivity index (χ3v) is 2.88. The summed E-state index contributed by atoms with van der Waals surface area (Å²) in [5.41, 5.74) is 0.874. The van der Waals surface area contributed by atoms with Crippen LogP contribution < -0.4 is 10.1 Å². The lowest BCUT2D eigenvalue weighted by atomic mass is 10.0. The normalized spacial score (nSPS) is 12.7. The van der Waals surface area contributed by atoms with Gasteiger partial charge in [-0.15, -0.1) is 0 Å². The number of nitrogens with one attached hydrogen (secondary N) is 1. The van der Waals surface area contributed by atoms with E-state index in [1.54, 1.807) is 40.0 Å². The molecular weight excluding hydrogens is 270 g/mol. The second-order valence-corrected chi connectivity index (χ2v) is 5.92. The number of aliphatic hydroxyl groups excluding tert-OH is 1. The van der Waals surface area contributed by atoms with Crippen molar-refractivity contribution in [3.8, 4) is 5.75 Å². The second-order valence-electron chi connectivity index (χ2n) is 5.92. The number of carbonyl (C=O) groups excluding carboxylic acids is 1. The molecule has 0 heterocycles. The van der Waals surface area contributed by atoms with Crippen LogP contribution in [0.1, 0.15) is 39.7 Å². The average Bonchev–Trinajstić information content (AvgIpc) is 2.38. The van der Waals surface area contributed by atoms with Gasteiger partial charge in [0.1, 0.15) is 11.4 Å². The molecule has 1 amide bonds. The van der Waals surface area contributed by atoms with E-state index in [0.717, 1.165) is 5.56 Å². The highest BCUT2D eigenvalue weighted by molar-refractivity contribution is 5.86. The van der Waals surface area contributed by atoms with E-state index in [2.05, 4.69) is 5.32 Å². The molecule has 5 nitrogen and oxygen atoms in total. The van der Waals surface area contributed by atoms with Crippen LogP contribution >= 0.6 is 0 Å². The van der Waals surface area contributed by atoms with Gasteiger partial charge in [-0.25, -0.2) is 4.79 Å². The molecule has 5 heteroatoms. The van der Waals surface area contributed by atoms with Crippen molar-refractivity contribution in [2.75, 3.05) is 12.4 Å². The van der Waals surface area contributed by atoms with Crippen LogP contribution in [-0.2, 0) is 11.2 Å². The number of benzene rings is 1. The highest BCUT2D eigenvalue weighted by Gasteiger charge is 2.18. The van der Waals surface area contributed by atoms with Crippen LogP contribution in [0.2, 0.25) is 0 Å². The first-order valence-electron chi connectivity index (χ1n) is 7.10. The van der Waals surface area contributed by atoms with Gasteiger partial charge < -0.3 is 14.6 Å². The van der Waals surface area contributed by atoms with E-state index in [9.17, 15) is 9.90 Å². The lowest BCUT2D eigenvalue weighted by molar-refractivity contribution is 0.0635. The van der Waals surface area contributed by atoms with Crippen molar-refractivity contribution in [2.45, 2.75) is 52.2 Å². The first-order chi connectivity index (χ1) is 9.75. The number of hydrogen-bond donors (Lipinski definition) is 2. The molecule has 0 saturated carbocycles. The molecule has 1 rings (SSSR count). The summed E-state index contributed by atoms with van der Waals surface area (Å²) in [5, 5.41) is 12.5. The van der Waals surface area contributed by atoms with Crippen LogP contribution in [0.4, 0.5) is 10.5 Å². The Morgan fingerprint density at radius 3 is 2.57 bits per heavy atom. The zero-order valence-electron chi connectivity index (χ0n) is 13.4. The Morgan fingerprint density at radius 2 is 2.05 bits per heavy atom. The molecule has 0 bridgehead atoms. The summed E-state index contributed by atoms with van der Waals surface area (Å²) in [6, 6.07) is 5.37. The van der Waals surface area contributed by atoms with E-state index in [4.69, 9.17) is 9.47 Å². The maximum Gasteiger partial charge on any atom is 0.412 e. The summed E-state index contributed by atoms with van der Waals surface area (Å²) in [6.45, 7) is 7.33. The third kappa shape index (κ3) is 6.04. The Bertz CT molecular complexity index is 480. The van der Waals surface area contributed by atoms with Crippen LogP contribution in [0.3, 0.4) is 0 Å². The molecule has 0 aliphatic heterocycles. The molecular formula is C16H25NO4. The lowest BCUT2D eigenvalue weighted by Crippen LogP contribution is -2.27. The van der Waals surface area contributed by atoms with Crippen LogP contribution in [0.15, 0.2) is 18.2 Å². The van der Waals surface area contributed by atoms with Gasteiger partial charge in [0.05, 0.1) is 18.9 Å². The predicted octanol–water partition coefficient (Wildman–Crippen LogP) is 3.36. The first kappa shape index (κ1) is 17.3. The Kier molecular flexibility index (Phi) is 6.03. The molecule has 21 heavy (non-hydrogen) atoms. The Balaban J connectivity index is 2.93. The molecule has 1 atom stereocenters. The van der Waals surface area contributed by atoms with Gasteiger partial charge in [-0.3, -0.25) is 5.32 Å². The fourth-order valence-corrected chi connectivity index (χ4v) is 1.79. The van der Waals surface area contributed by atoms with Crippen LogP contribution in [-0.4, -0.2) is 30.0 Å². The summed E-state index contributed by atoms with van der Waals surface area (Å²) in [4.78, 5) is 11.9. The minimum atomic E-state index is -0.563. The summed E-state index contributed by atoms with van der Waals surface area (Å²) in [7, 11) is 1.56. The molecule has 0 radical (unpaired) electrons. The van der Waals surface area contributed by atoms with E-state index >= 15 is 0 Å². The summed E-state index contributed by atoms with van der Waals surface area (Å²) < 4.78 is 10.4. The Morgan fingerprint density at radius 1 is 1.38 bits per heavy atom. The minimum absolute atomic E-state index is 0.447. The maximum absolute atomic E-state index is 11.9. The molecule has 1 aromatic rings. The molecule has 0 spiro atoms. The van der Waals surface area contributed by atoms with Gasteiger partial charge in [0.2, 0.25) is 0 Å². The maximum atomic E-state index is 11.9.